The molecule has 1 aromatic carbocycles. The Morgan fingerprint density at radius 2 is 1.80 bits per heavy atom. The first-order valence-electron chi connectivity index (χ1n) is 4.96. The SMILES string of the molecule is CC(C)(C)NC(=O)Cc1ccc(S)cc1. The van der Waals surface area contributed by atoms with Gasteiger partial charge in [0.1, 0.15) is 0 Å². The summed E-state index contributed by atoms with van der Waals surface area (Å²) in [4.78, 5) is 12.5. The molecule has 0 bridgehead atoms. The van der Waals surface area contributed by atoms with Crippen molar-refractivity contribution in [2.45, 2.75) is 37.6 Å². The van der Waals surface area contributed by atoms with Crippen LogP contribution in [0.4, 0.5) is 0 Å². The van der Waals surface area contributed by atoms with Crippen LogP contribution >= 0.6 is 12.6 Å². The molecule has 2 nitrogen and oxygen atoms in total. The highest BCUT2D eigenvalue weighted by Crippen LogP contribution is 2.08. The molecule has 0 spiro atoms. The maximum Gasteiger partial charge on any atom is 0.224 e. The highest BCUT2D eigenvalue weighted by Gasteiger charge is 2.13. The third kappa shape index (κ3) is 4.88. The molecule has 82 valence electrons. The Hall–Kier alpha value is -0.960. The van der Waals surface area contributed by atoms with Gasteiger partial charge < -0.3 is 5.32 Å². The normalized spacial score (nSPS) is 11.2. The minimum Gasteiger partial charge on any atom is -0.351 e. The van der Waals surface area contributed by atoms with E-state index < -0.39 is 0 Å². The van der Waals surface area contributed by atoms with Gasteiger partial charge in [-0.2, -0.15) is 0 Å². The van der Waals surface area contributed by atoms with Crippen LogP contribution in [0, 0.1) is 0 Å². The fourth-order valence-electron chi connectivity index (χ4n) is 1.26. The van der Waals surface area contributed by atoms with Gasteiger partial charge in [0.05, 0.1) is 6.42 Å². The largest absolute Gasteiger partial charge is 0.351 e. The van der Waals surface area contributed by atoms with E-state index in [0.717, 1.165) is 10.5 Å². The van der Waals surface area contributed by atoms with E-state index in [1.807, 2.05) is 45.0 Å². The second-order valence-corrected chi connectivity index (χ2v) is 5.16. The molecule has 0 fully saturated rings. The monoisotopic (exact) mass is 223 g/mol. The number of hydrogen-bond donors (Lipinski definition) is 2. The minimum absolute atomic E-state index is 0.0504. The zero-order chi connectivity index (χ0) is 11.5. The third-order valence-electron chi connectivity index (χ3n) is 1.82. The van der Waals surface area contributed by atoms with Crippen molar-refractivity contribution in [2.75, 3.05) is 0 Å². The molecule has 1 amide bonds. The lowest BCUT2D eigenvalue weighted by Crippen LogP contribution is -2.41. The predicted octanol–water partition coefficient (Wildman–Crippen LogP) is 2.43. The van der Waals surface area contributed by atoms with E-state index in [0.29, 0.717) is 6.42 Å². The van der Waals surface area contributed by atoms with Crippen LogP contribution in [0.1, 0.15) is 26.3 Å². The average Bonchev–Trinajstić information content (AvgIpc) is 2.05. The molecular formula is C12H17NOS. The second kappa shape index (κ2) is 4.71. The van der Waals surface area contributed by atoms with E-state index in [4.69, 9.17) is 0 Å². The summed E-state index contributed by atoms with van der Waals surface area (Å²) in [6.07, 6.45) is 0.422. The van der Waals surface area contributed by atoms with Gasteiger partial charge in [-0.25, -0.2) is 0 Å². The summed E-state index contributed by atoms with van der Waals surface area (Å²) >= 11 is 4.19. The Morgan fingerprint density at radius 1 is 1.27 bits per heavy atom. The molecule has 0 atom stereocenters. The predicted molar refractivity (Wildman–Crippen MR) is 65.3 cm³/mol. The van der Waals surface area contributed by atoms with Crippen molar-refractivity contribution in [3.63, 3.8) is 0 Å². The lowest BCUT2D eigenvalue weighted by atomic mass is 10.1. The molecule has 0 aliphatic carbocycles. The van der Waals surface area contributed by atoms with Crippen molar-refractivity contribution in [2.24, 2.45) is 0 Å². The van der Waals surface area contributed by atoms with Gasteiger partial charge in [-0.05, 0) is 38.5 Å². The highest BCUT2D eigenvalue weighted by atomic mass is 32.1. The topological polar surface area (TPSA) is 29.1 Å². The molecule has 0 aromatic heterocycles. The highest BCUT2D eigenvalue weighted by molar-refractivity contribution is 7.80. The van der Waals surface area contributed by atoms with Crippen LogP contribution in [0.5, 0.6) is 0 Å². The Kier molecular flexibility index (Phi) is 3.80. The fraction of sp³-hybridized carbons (Fsp3) is 0.417. The van der Waals surface area contributed by atoms with Crippen LogP contribution in [0.2, 0.25) is 0 Å². The zero-order valence-electron chi connectivity index (χ0n) is 9.37. The van der Waals surface area contributed by atoms with Crippen molar-refractivity contribution in [1.82, 2.24) is 5.32 Å². The van der Waals surface area contributed by atoms with Gasteiger partial charge in [0.2, 0.25) is 5.91 Å². The van der Waals surface area contributed by atoms with Crippen molar-refractivity contribution in [3.05, 3.63) is 29.8 Å². The van der Waals surface area contributed by atoms with Crippen LogP contribution in [0.15, 0.2) is 29.2 Å². The van der Waals surface area contributed by atoms with E-state index in [-0.39, 0.29) is 11.4 Å². The van der Waals surface area contributed by atoms with Gasteiger partial charge in [0, 0.05) is 10.4 Å². The average molecular weight is 223 g/mol. The summed E-state index contributed by atoms with van der Waals surface area (Å²) in [5.41, 5.74) is 0.843. The van der Waals surface area contributed by atoms with Crippen LogP contribution in [0.25, 0.3) is 0 Å². The summed E-state index contributed by atoms with van der Waals surface area (Å²) in [6.45, 7) is 5.92. The van der Waals surface area contributed by atoms with E-state index >= 15 is 0 Å². The fourth-order valence-corrected chi connectivity index (χ4v) is 1.41. The summed E-state index contributed by atoms with van der Waals surface area (Å²) in [7, 11) is 0. The number of nitrogens with one attached hydrogen (secondary N) is 1. The van der Waals surface area contributed by atoms with Gasteiger partial charge in [-0.3, -0.25) is 4.79 Å². The number of carbonyl (C=O) groups excluding carboxylic acids is 1. The van der Waals surface area contributed by atoms with Crippen LogP contribution in [0.3, 0.4) is 0 Å². The molecule has 0 saturated heterocycles. The summed E-state index contributed by atoms with van der Waals surface area (Å²) in [5.74, 6) is 0.0504. The van der Waals surface area contributed by atoms with Gasteiger partial charge in [0.15, 0.2) is 0 Å². The first kappa shape index (κ1) is 12.1. The zero-order valence-corrected chi connectivity index (χ0v) is 10.3. The van der Waals surface area contributed by atoms with Crippen molar-refractivity contribution in [1.29, 1.82) is 0 Å². The lowest BCUT2D eigenvalue weighted by molar-refractivity contribution is -0.121. The van der Waals surface area contributed by atoms with Crippen molar-refractivity contribution in [3.8, 4) is 0 Å². The van der Waals surface area contributed by atoms with E-state index in [2.05, 4.69) is 17.9 Å². The van der Waals surface area contributed by atoms with Crippen molar-refractivity contribution >= 4 is 18.5 Å². The van der Waals surface area contributed by atoms with Gasteiger partial charge in [-0.1, -0.05) is 12.1 Å². The number of thiol groups is 1. The molecule has 0 unspecified atom stereocenters. The van der Waals surface area contributed by atoms with E-state index in [1.165, 1.54) is 0 Å². The molecule has 1 N–H and O–H groups in total. The quantitative estimate of drug-likeness (QED) is 0.741. The summed E-state index contributed by atoms with van der Waals surface area (Å²) in [6, 6.07) is 7.63. The van der Waals surface area contributed by atoms with Crippen LogP contribution in [-0.4, -0.2) is 11.4 Å². The summed E-state index contributed by atoms with van der Waals surface area (Å²) < 4.78 is 0. The van der Waals surface area contributed by atoms with Gasteiger partial charge in [-0.15, -0.1) is 12.6 Å². The van der Waals surface area contributed by atoms with Gasteiger partial charge >= 0.3 is 0 Å². The summed E-state index contributed by atoms with van der Waals surface area (Å²) in [5, 5.41) is 2.92. The Bertz CT molecular complexity index is 338. The number of rotatable bonds is 2. The first-order chi connectivity index (χ1) is 6.87. The van der Waals surface area contributed by atoms with Crippen molar-refractivity contribution < 1.29 is 4.79 Å². The molecule has 0 aliphatic rings. The Morgan fingerprint density at radius 3 is 2.27 bits per heavy atom. The maximum atomic E-state index is 11.6. The standard InChI is InChI=1S/C12H17NOS/c1-12(2,3)13-11(14)8-9-4-6-10(15)7-5-9/h4-7,15H,8H2,1-3H3,(H,13,14). The minimum atomic E-state index is -0.166. The molecule has 1 aromatic rings. The van der Waals surface area contributed by atoms with E-state index in [1.54, 1.807) is 0 Å². The second-order valence-electron chi connectivity index (χ2n) is 4.64. The molecule has 0 radical (unpaired) electrons. The molecular weight excluding hydrogens is 206 g/mol. The number of amides is 1. The Balaban J connectivity index is 2.55. The number of benzene rings is 1. The molecule has 0 heterocycles. The molecule has 1 rings (SSSR count). The Labute approximate surface area is 96.5 Å². The molecule has 0 aliphatic heterocycles. The third-order valence-corrected chi connectivity index (χ3v) is 2.11. The van der Waals surface area contributed by atoms with Crippen LogP contribution in [-0.2, 0) is 11.2 Å². The lowest BCUT2D eigenvalue weighted by Gasteiger charge is -2.20. The number of hydrogen-bond acceptors (Lipinski definition) is 2. The van der Waals surface area contributed by atoms with E-state index in [9.17, 15) is 4.79 Å². The maximum absolute atomic E-state index is 11.6. The smallest absolute Gasteiger partial charge is 0.224 e. The van der Waals surface area contributed by atoms with Gasteiger partial charge in [0.25, 0.3) is 0 Å². The number of carbonyl (C=O) groups is 1. The molecule has 0 saturated carbocycles. The molecule has 3 heteroatoms. The first-order valence-corrected chi connectivity index (χ1v) is 5.40. The molecule has 15 heavy (non-hydrogen) atoms. The van der Waals surface area contributed by atoms with Crippen LogP contribution < -0.4 is 5.32 Å².